The number of para-hydroxylation sites is 1. The van der Waals surface area contributed by atoms with E-state index >= 15 is 0 Å². The summed E-state index contributed by atoms with van der Waals surface area (Å²) in [4.78, 5) is 0. The molecule has 0 aliphatic rings. The highest BCUT2D eigenvalue weighted by Crippen LogP contribution is 2.05. The summed E-state index contributed by atoms with van der Waals surface area (Å²) in [5.41, 5.74) is 7.10. The fourth-order valence-corrected chi connectivity index (χ4v) is 1.37. The lowest BCUT2D eigenvalue weighted by atomic mass is 10.1. The van der Waals surface area contributed by atoms with Crippen LogP contribution in [0.25, 0.3) is 0 Å². The Morgan fingerprint density at radius 1 is 1.29 bits per heavy atom. The van der Waals surface area contributed by atoms with Gasteiger partial charge in [0, 0.05) is 18.3 Å². The molecule has 0 radical (unpaired) electrons. The Morgan fingerprint density at radius 2 is 2.00 bits per heavy atom. The Hall–Kier alpha value is -1.02. The van der Waals surface area contributed by atoms with Crippen molar-refractivity contribution >= 4 is 5.69 Å². The molecule has 14 heavy (non-hydrogen) atoms. The number of nitrogens with one attached hydrogen (secondary N) is 1. The zero-order valence-electron chi connectivity index (χ0n) is 8.87. The van der Waals surface area contributed by atoms with Gasteiger partial charge in [-0.15, -0.1) is 0 Å². The van der Waals surface area contributed by atoms with Crippen LogP contribution in [0.5, 0.6) is 0 Å². The molecule has 1 aromatic carbocycles. The van der Waals surface area contributed by atoms with E-state index in [9.17, 15) is 0 Å². The second kappa shape index (κ2) is 6.44. The van der Waals surface area contributed by atoms with Gasteiger partial charge in [0.2, 0.25) is 0 Å². The summed E-state index contributed by atoms with van der Waals surface area (Å²) in [7, 11) is 0. The number of unbranched alkanes of at least 4 members (excludes halogenated alkanes) is 1. The highest BCUT2D eigenvalue weighted by Gasteiger charge is 2.00. The van der Waals surface area contributed by atoms with Gasteiger partial charge in [0.15, 0.2) is 0 Å². The topological polar surface area (TPSA) is 38.0 Å². The molecule has 78 valence electrons. The average Bonchev–Trinajstić information content (AvgIpc) is 2.25. The summed E-state index contributed by atoms with van der Waals surface area (Å²) >= 11 is 0. The molecule has 0 bridgehead atoms. The molecule has 2 heteroatoms. The molecule has 0 saturated carbocycles. The molecule has 1 aromatic rings. The van der Waals surface area contributed by atoms with Gasteiger partial charge in [0.1, 0.15) is 0 Å². The maximum Gasteiger partial charge on any atom is 0.0340 e. The second-order valence-corrected chi connectivity index (χ2v) is 3.65. The van der Waals surface area contributed by atoms with Crippen LogP contribution in [0.3, 0.4) is 0 Å². The molecule has 0 spiro atoms. The molecular formula is C12H20N2. The standard InChI is InChI=1S/C12H20N2/c1-2-3-7-11(13)10-14-12-8-5-4-6-9-12/h4-6,8-9,11,14H,2-3,7,10,13H2,1H3/t11-/m0/s1. The Labute approximate surface area is 86.5 Å². The predicted octanol–water partition coefficient (Wildman–Crippen LogP) is 2.62. The number of nitrogens with two attached hydrogens (primary N) is 1. The van der Waals surface area contributed by atoms with Crippen LogP contribution in [0.15, 0.2) is 30.3 Å². The highest BCUT2D eigenvalue weighted by atomic mass is 14.9. The fraction of sp³-hybridized carbons (Fsp3) is 0.500. The van der Waals surface area contributed by atoms with Crippen LogP contribution in [0.4, 0.5) is 5.69 Å². The van der Waals surface area contributed by atoms with Crippen molar-refractivity contribution in [1.29, 1.82) is 0 Å². The molecule has 0 aliphatic carbocycles. The zero-order chi connectivity index (χ0) is 10.2. The summed E-state index contributed by atoms with van der Waals surface area (Å²) in [6, 6.07) is 10.5. The van der Waals surface area contributed by atoms with Crippen LogP contribution in [0.1, 0.15) is 26.2 Å². The van der Waals surface area contributed by atoms with E-state index in [4.69, 9.17) is 5.73 Å². The van der Waals surface area contributed by atoms with Gasteiger partial charge in [-0.05, 0) is 18.6 Å². The molecule has 1 rings (SSSR count). The van der Waals surface area contributed by atoms with Crippen molar-refractivity contribution in [3.63, 3.8) is 0 Å². The Balaban J connectivity index is 2.20. The molecule has 0 heterocycles. The summed E-state index contributed by atoms with van der Waals surface area (Å²) < 4.78 is 0. The van der Waals surface area contributed by atoms with Crippen molar-refractivity contribution in [3.8, 4) is 0 Å². The van der Waals surface area contributed by atoms with Gasteiger partial charge >= 0.3 is 0 Å². The molecule has 0 amide bonds. The third-order valence-electron chi connectivity index (χ3n) is 2.27. The molecule has 0 saturated heterocycles. The van der Waals surface area contributed by atoms with E-state index < -0.39 is 0 Å². The van der Waals surface area contributed by atoms with E-state index in [1.54, 1.807) is 0 Å². The quantitative estimate of drug-likeness (QED) is 0.727. The minimum Gasteiger partial charge on any atom is -0.383 e. The molecular weight excluding hydrogens is 172 g/mol. The van der Waals surface area contributed by atoms with E-state index in [1.165, 1.54) is 12.8 Å². The first-order valence-corrected chi connectivity index (χ1v) is 5.37. The van der Waals surface area contributed by atoms with Crippen molar-refractivity contribution in [2.75, 3.05) is 11.9 Å². The average molecular weight is 192 g/mol. The summed E-state index contributed by atoms with van der Waals surface area (Å²) in [5.74, 6) is 0. The van der Waals surface area contributed by atoms with E-state index in [2.05, 4.69) is 24.4 Å². The minimum absolute atomic E-state index is 0.273. The Kier molecular flexibility index (Phi) is 5.08. The van der Waals surface area contributed by atoms with Crippen molar-refractivity contribution in [1.82, 2.24) is 0 Å². The summed E-state index contributed by atoms with van der Waals surface area (Å²) in [6.45, 7) is 3.06. The molecule has 1 atom stereocenters. The number of rotatable bonds is 6. The number of anilines is 1. The third kappa shape index (κ3) is 4.28. The second-order valence-electron chi connectivity index (χ2n) is 3.65. The molecule has 0 fully saturated rings. The van der Waals surface area contributed by atoms with Crippen LogP contribution in [-0.2, 0) is 0 Å². The Morgan fingerprint density at radius 3 is 2.64 bits per heavy atom. The van der Waals surface area contributed by atoms with Crippen LogP contribution in [0.2, 0.25) is 0 Å². The molecule has 3 N–H and O–H groups in total. The van der Waals surface area contributed by atoms with E-state index in [0.717, 1.165) is 18.7 Å². The number of hydrogen-bond donors (Lipinski definition) is 2. The van der Waals surface area contributed by atoms with E-state index in [1.807, 2.05) is 18.2 Å². The fourth-order valence-electron chi connectivity index (χ4n) is 1.37. The zero-order valence-corrected chi connectivity index (χ0v) is 8.87. The highest BCUT2D eigenvalue weighted by molar-refractivity contribution is 5.42. The first kappa shape index (κ1) is 11.1. The summed E-state index contributed by atoms with van der Waals surface area (Å²) in [6.07, 6.45) is 3.55. The molecule has 2 nitrogen and oxygen atoms in total. The van der Waals surface area contributed by atoms with E-state index in [-0.39, 0.29) is 6.04 Å². The first-order chi connectivity index (χ1) is 6.83. The van der Waals surface area contributed by atoms with Crippen molar-refractivity contribution in [2.24, 2.45) is 5.73 Å². The first-order valence-electron chi connectivity index (χ1n) is 5.37. The van der Waals surface area contributed by atoms with Crippen molar-refractivity contribution in [2.45, 2.75) is 32.2 Å². The smallest absolute Gasteiger partial charge is 0.0340 e. The number of hydrogen-bond acceptors (Lipinski definition) is 2. The van der Waals surface area contributed by atoms with Gasteiger partial charge in [-0.2, -0.15) is 0 Å². The minimum atomic E-state index is 0.273. The normalized spacial score (nSPS) is 12.4. The molecule has 0 aromatic heterocycles. The SMILES string of the molecule is CCCC[C@H](N)CNc1ccccc1. The molecule has 0 unspecified atom stereocenters. The maximum atomic E-state index is 5.95. The summed E-state index contributed by atoms with van der Waals surface area (Å²) in [5, 5.41) is 3.33. The van der Waals surface area contributed by atoms with Crippen molar-refractivity contribution in [3.05, 3.63) is 30.3 Å². The third-order valence-corrected chi connectivity index (χ3v) is 2.27. The lowest BCUT2D eigenvalue weighted by Crippen LogP contribution is -2.28. The van der Waals surface area contributed by atoms with Crippen LogP contribution < -0.4 is 11.1 Å². The Bertz CT molecular complexity index is 233. The van der Waals surface area contributed by atoms with Crippen LogP contribution in [-0.4, -0.2) is 12.6 Å². The monoisotopic (exact) mass is 192 g/mol. The maximum absolute atomic E-state index is 5.95. The van der Waals surface area contributed by atoms with Crippen LogP contribution in [0, 0.1) is 0 Å². The van der Waals surface area contributed by atoms with Gasteiger partial charge in [0.25, 0.3) is 0 Å². The van der Waals surface area contributed by atoms with Gasteiger partial charge in [0.05, 0.1) is 0 Å². The van der Waals surface area contributed by atoms with Gasteiger partial charge < -0.3 is 11.1 Å². The lowest BCUT2D eigenvalue weighted by Gasteiger charge is -2.12. The lowest BCUT2D eigenvalue weighted by molar-refractivity contribution is 0.596. The van der Waals surface area contributed by atoms with Crippen LogP contribution >= 0.6 is 0 Å². The largest absolute Gasteiger partial charge is 0.383 e. The molecule has 0 aliphatic heterocycles. The van der Waals surface area contributed by atoms with E-state index in [0.29, 0.717) is 0 Å². The van der Waals surface area contributed by atoms with Gasteiger partial charge in [-0.25, -0.2) is 0 Å². The number of benzene rings is 1. The van der Waals surface area contributed by atoms with Crippen molar-refractivity contribution < 1.29 is 0 Å². The predicted molar refractivity (Wildman–Crippen MR) is 62.4 cm³/mol. The van der Waals surface area contributed by atoms with Gasteiger partial charge in [-0.3, -0.25) is 0 Å². The van der Waals surface area contributed by atoms with Gasteiger partial charge in [-0.1, -0.05) is 38.0 Å².